The van der Waals surface area contributed by atoms with E-state index in [4.69, 9.17) is 21.0 Å². The predicted octanol–water partition coefficient (Wildman–Crippen LogP) is 1.20. The highest BCUT2D eigenvalue weighted by atomic mass is 32.1. The van der Waals surface area contributed by atoms with Gasteiger partial charge in [-0.1, -0.05) is 11.3 Å². The molecule has 0 unspecified atom stereocenters. The summed E-state index contributed by atoms with van der Waals surface area (Å²) >= 11 is 1.09. The molecule has 164 valence electrons. The quantitative estimate of drug-likeness (QED) is 0.212. The van der Waals surface area contributed by atoms with Crippen LogP contribution in [-0.2, 0) is 9.59 Å². The maximum absolute atomic E-state index is 14.1. The van der Waals surface area contributed by atoms with Gasteiger partial charge in [-0.3, -0.25) is 15.0 Å². The van der Waals surface area contributed by atoms with Crippen molar-refractivity contribution in [2.75, 3.05) is 24.5 Å². The fourth-order valence-electron chi connectivity index (χ4n) is 3.05. The van der Waals surface area contributed by atoms with Crippen LogP contribution >= 0.6 is 11.3 Å². The third-order valence-electron chi connectivity index (χ3n) is 4.69. The maximum Gasteiger partial charge on any atom is 0.355 e. The number of nitrogen functional groups attached to an aromatic ring is 1. The lowest BCUT2D eigenvalue weighted by atomic mass is 9.96. The second kappa shape index (κ2) is 9.51. The van der Waals surface area contributed by atoms with Gasteiger partial charge >= 0.3 is 11.9 Å². The average Bonchev–Trinajstić information content (AvgIpc) is 3.24. The van der Waals surface area contributed by atoms with Crippen LogP contribution in [0.25, 0.3) is 0 Å². The van der Waals surface area contributed by atoms with Gasteiger partial charge in [0.25, 0.3) is 0 Å². The summed E-state index contributed by atoms with van der Waals surface area (Å²) in [5.41, 5.74) is 5.48. The Morgan fingerprint density at radius 1 is 1.35 bits per heavy atom. The number of nitrogens with two attached hydrogens (primary N) is 1. The minimum atomic E-state index is -1.09. The van der Waals surface area contributed by atoms with Crippen molar-refractivity contribution in [1.82, 2.24) is 10.3 Å². The van der Waals surface area contributed by atoms with Crippen LogP contribution in [0.2, 0.25) is 0 Å². The summed E-state index contributed by atoms with van der Waals surface area (Å²) in [5, 5.41) is 18.9. The van der Waals surface area contributed by atoms with Crippen molar-refractivity contribution in [2.24, 2.45) is 11.7 Å². The van der Waals surface area contributed by atoms with Gasteiger partial charge in [0, 0.05) is 24.6 Å². The molecule has 0 bridgehead atoms. The minimum absolute atomic E-state index is 0.178. The number of nitrogens with one attached hydrogen (secondary N) is 2. The summed E-state index contributed by atoms with van der Waals surface area (Å²) in [6.45, 7) is 0.637. The van der Waals surface area contributed by atoms with Gasteiger partial charge in [-0.2, -0.15) is 0 Å². The third kappa shape index (κ3) is 5.54. The van der Waals surface area contributed by atoms with Gasteiger partial charge in [0.2, 0.25) is 5.91 Å². The first kappa shape index (κ1) is 22.2. The van der Waals surface area contributed by atoms with Gasteiger partial charge in [-0.05, 0) is 31.0 Å². The molecule has 0 aliphatic carbocycles. The zero-order valence-electron chi connectivity index (χ0n) is 16.3. The largest absolute Gasteiger partial charge is 0.480 e. The van der Waals surface area contributed by atoms with E-state index < -0.39 is 24.3 Å². The minimum Gasteiger partial charge on any atom is -0.480 e. The third-order valence-corrected chi connectivity index (χ3v) is 5.73. The Morgan fingerprint density at radius 3 is 2.68 bits per heavy atom. The summed E-state index contributed by atoms with van der Waals surface area (Å²) in [5.74, 6) is -3.81. The highest BCUT2D eigenvalue weighted by Crippen LogP contribution is 2.29. The van der Waals surface area contributed by atoms with Gasteiger partial charge in [-0.15, -0.1) is 0 Å². The van der Waals surface area contributed by atoms with Crippen LogP contribution in [0.15, 0.2) is 24.4 Å². The van der Waals surface area contributed by atoms with Crippen molar-refractivity contribution in [2.45, 2.75) is 12.8 Å². The highest BCUT2D eigenvalue weighted by molar-refractivity contribution is 7.17. The summed E-state index contributed by atoms with van der Waals surface area (Å²) < 4.78 is 19.2. The van der Waals surface area contributed by atoms with E-state index in [1.807, 2.05) is 4.90 Å². The van der Waals surface area contributed by atoms with Crippen LogP contribution in [0.1, 0.15) is 28.1 Å². The number of halogens is 1. The number of amides is 1. The van der Waals surface area contributed by atoms with Crippen LogP contribution in [-0.4, -0.2) is 53.4 Å². The van der Waals surface area contributed by atoms with E-state index >= 15 is 0 Å². The van der Waals surface area contributed by atoms with Crippen LogP contribution in [0.3, 0.4) is 0 Å². The number of ether oxygens (including phenoxy) is 1. The molecule has 1 saturated heterocycles. The lowest BCUT2D eigenvalue weighted by molar-refractivity contribution is -0.138. The van der Waals surface area contributed by atoms with Gasteiger partial charge in [0.05, 0.1) is 6.20 Å². The van der Waals surface area contributed by atoms with Gasteiger partial charge in [-0.25, -0.2) is 14.2 Å². The Balaban J connectivity index is 1.57. The molecule has 1 aliphatic heterocycles. The number of carboxylic acid groups (broad SMARTS) is 1. The van der Waals surface area contributed by atoms with E-state index in [0.717, 1.165) is 17.4 Å². The lowest BCUT2D eigenvalue weighted by Gasteiger charge is -2.30. The molecule has 1 aliphatic rings. The van der Waals surface area contributed by atoms with E-state index in [2.05, 4.69) is 10.3 Å². The molecular formula is C19H20FN5O5S. The molecule has 1 amide bonds. The van der Waals surface area contributed by atoms with E-state index in [0.29, 0.717) is 31.1 Å². The topological polar surface area (TPSA) is 159 Å². The monoisotopic (exact) mass is 449 g/mol. The van der Waals surface area contributed by atoms with Crippen LogP contribution in [0, 0.1) is 17.1 Å². The summed E-state index contributed by atoms with van der Waals surface area (Å²) in [6.07, 6.45) is 2.40. The number of carboxylic acids is 1. The number of benzene rings is 1. The molecule has 0 spiro atoms. The van der Waals surface area contributed by atoms with Crippen molar-refractivity contribution < 1.29 is 28.6 Å². The first-order chi connectivity index (χ1) is 14.7. The van der Waals surface area contributed by atoms with Gasteiger partial charge < -0.3 is 25.8 Å². The van der Waals surface area contributed by atoms with Crippen LogP contribution in [0.4, 0.5) is 9.52 Å². The normalized spacial score (nSPS) is 14.2. The van der Waals surface area contributed by atoms with Crippen molar-refractivity contribution in [1.29, 1.82) is 5.41 Å². The molecule has 3 rings (SSSR count). The number of hydrogen-bond donors (Lipinski definition) is 4. The molecule has 0 saturated carbocycles. The Kier molecular flexibility index (Phi) is 6.80. The van der Waals surface area contributed by atoms with E-state index in [1.165, 1.54) is 18.3 Å². The maximum atomic E-state index is 14.1. The van der Waals surface area contributed by atoms with E-state index in [9.17, 15) is 18.8 Å². The molecule has 1 aromatic carbocycles. The lowest BCUT2D eigenvalue weighted by Crippen LogP contribution is -2.41. The molecule has 0 radical (unpaired) electrons. The molecule has 0 atom stereocenters. The first-order valence-corrected chi connectivity index (χ1v) is 10.1. The summed E-state index contributed by atoms with van der Waals surface area (Å²) in [4.78, 5) is 41.2. The molecule has 1 aromatic heterocycles. The fourth-order valence-corrected chi connectivity index (χ4v) is 3.89. The standard InChI is InChI=1S/C19H20FN5O5S/c20-12-7-11(16(21)22)1-2-13(12)30-18(29)14-8-24-19(31-14)25-5-3-10(4-6-25)17(28)23-9-15(26)27/h1-2,7-8,10H,3-6,9H2,(H3,21,22)(H,23,28)(H,26,27). The second-order valence-electron chi connectivity index (χ2n) is 6.83. The number of amidine groups is 1. The molecule has 31 heavy (non-hydrogen) atoms. The molecular weight excluding hydrogens is 429 g/mol. The predicted molar refractivity (Wildman–Crippen MR) is 110 cm³/mol. The average molecular weight is 449 g/mol. The number of aliphatic carboxylic acids is 1. The fraction of sp³-hybridized carbons (Fsp3) is 0.316. The second-order valence-corrected chi connectivity index (χ2v) is 7.84. The summed E-state index contributed by atoms with van der Waals surface area (Å²) in [7, 11) is 0. The SMILES string of the molecule is N=C(N)c1ccc(OC(=O)c2cnc(N3CCC(C(=O)NCC(=O)O)CC3)s2)c(F)c1. The number of piperidine rings is 1. The molecule has 12 heteroatoms. The number of esters is 1. The van der Waals surface area contributed by atoms with Crippen LogP contribution in [0.5, 0.6) is 5.75 Å². The number of rotatable bonds is 7. The first-order valence-electron chi connectivity index (χ1n) is 9.31. The smallest absolute Gasteiger partial charge is 0.355 e. The number of carbonyl (C=O) groups is 3. The number of anilines is 1. The van der Waals surface area contributed by atoms with Crippen LogP contribution < -0.4 is 20.7 Å². The number of nitrogens with zero attached hydrogens (tertiary/aromatic N) is 2. The van der Waals surface area contributed by atoms with Crippen molar-refractivity contribution in [3.05, 3.63) is 40.7 Å². The number of thiazole rings is 1. The molecule has 10 nitrogen and oxygen atoms in total. The zero-order chi connectivity index (χ0) is 22.5. The van der Waals surface area contributed by atoms with Crippen molar-refractivity contribution in [3.8, 4) is 5.75 Å². The summed E-state index contributed by atoms with van der Waals surface area (Å²) in [6, 6.07) is 3.62. The van der Waals surface area contributed by atoms with Gasteiger partial charge in [0.15, 0.2) is 16.7 Å². The number of carbonyl (C=O) groups excluding carboxylic acids is 2. The van der Waals surface area contributed by atoms with Crippen molar-refractivity contribution >= 4 is 40.1 Å². The Labute approximate surface area is 180 Å². The highest BCUT2D eigenvalue weighted by Gasteiger charge is 2.27. The van der Waals surface area contributed by atoms with E-state index in [1.54, 1.807) is 0 Å². The van der Waals surface area contributed by atoms with Gasteiger partial charge in [0.1, 0.15) is 17.3 Å². The van der Waals surface area contributed by atoms with E-state index in [-0.39, 0.29) is 33.9 Å². The number of hydrogen-bond acceptors (Lipinski definition) is 8. The Bertz CT molecular complexity index is 1020. The molecule has 5 N–H and O–H groups in total. The molecule has 2 heterocycles. The zero-order valence-corrected chi connectivity index (χ0v) is 17.1. The molecule has 1 fully saturated rings. The van der Waals surface area contributed by atoms with Crippen molar-refractivity contribution in [3.63, 3.8) is 0 Å². The molecule has 2 aromatic rings. The number of aromatic nitrogens is 1. The Hall–Kier alpha value is -3.54. The Morgan fingerprint density at radius 2 is 2.06 bits per heavy atom.